The quantitative estimate of drug-likeness (QED) is 0.615. The molecule has 0 radical (unpaired) electrons. The van der Waals surface area contributed by atoms with E-state index in [-0.39, 0.29) is 22.7 Å². The van der Waals surface area contributed by atoms with Gasteiger partial charge in [0, 0.05) is 22.7 Å². The van der Waals surface area contributed by atoms with Crippen molar-refractivity contribution < 1.29 is 8.42 Å². The summed E-state index contributed by atoms with van der Waals surface area (Å²) in [6.07, 6.45) is 3.53. The topological polar surface area (TPSA) is 34.1 Å². The molecule has 0 aliphatic heterocycles. The Hall–Kier alpha value is -1.09. The van der Waals surface area contributed by atoms with E-state index < -0.39 is 9.84 Å². The first-order valence-electron chi connectivity index (χ1n) is 3.79. The molecule has 3 heteroatoms. The van der Waals surface area contributed by atoms with Crippen molar-refractivity contribution in [1.29, 1.82) is 0 Å². The van der Waals surface area contributed by atoms with Gasteiger partial charge in [0.1, 0.15) is 0 Å². The number of hydrogen-bond donors (Lipinski definition) is 0. The predicted octanol–water partition coefficient (Wildman–Crippen LogP) is 2.58. The average Bonchev–Trinajstić information content (AvgIpc) is 2.05. The molecule has 0 heterocycles. The van der Waals surface area contributed by atoms with Crippen molar-refractivity contribution in [1.82, 2.24) is 0 Å². The van der Waals surface area contributed by atoms with E-state index in [1.165, 1.54) is 12.2 Å². The van der Waals surface area contributed by atoms with Crippen LogP contribution in [0.5, 0.6) is 0 Å². The normalized spacial score (nSPS) is 10.5. The molecular weight excluding hydrogens is 184 g/mol. The molecule has 0 bridgehead atoms. The molecular formula is C10H14O2S. The lowest BCUT2D eigenvalue weighted by Crippen LogP contribution is -2.04. The number of rotatable bonds is 6. The summed E-state index contributed by atoms with van der Waals surface area (Å²) in [6, 6.07) is 0. The summed E-state index contributed by atoms with van der Waals surface area (Å²) in [5.74, 6) is 0. The number of allylic oxidation sites excluding steroid dienone is 4. The van der Waals surface area contributed by atoms with Crippen LogP contribution in [0.25, 0.3) is 0 Å². The highest BCUT2D eigenvalue weighted by atomic mass is 32.2. The van der Waals surface area contributed by atoms with Gasteiger partial charge in [0.05, 0.1) is 0 Å². The SMILES string of the molecule is C=CCC(=C)S(=O)(=O)C(=C)CC=C. The summed E-state index contributed by atoms with van der Waals surface area (Å²) < 4.78 is 23.0. The maximum atomic E-state index is 11.5. The monoisotopic (exact) mass is 198 g/mol. The van der Waals surface area contributed by atoms with Gasteiger partial charge in [-0.2, -0.15) is 0 Å². The molecule has 0 rings (SSSR count). The van der Waals surface area contributed by atoms with Crippen LogP contribution in [0.1, 0.15) is 12.8 Å². The van der Waals surface area contributed by atoms with Gasteiger partial charge in [-0.05, 0) is 0 Å². The highest BCUT2D eigenvalue weighted by Crippen LogP contribution is 2.19. The largest absolute Gasteiger partial charge is 0.219 e. The van der Waals surface area contributed by atoms with Crippen LogP contribution in [0.15, 0.2) is 48.3 Å². The first-order valence-corrected chi connectivity index (χ1v) is 5.27. The van der Waals surface area contributed by atoms with Gasteiger partial charge in [-0.3, -0.25) is 0 Å². The Balaban J connectivity index is 4.76. The zero-order valence-corrected chi connectivity index (χ0v) is 8.44. The lowest BCUT2D eigenvalue weighted by Gasteiger charge is -2.06. The molecule has 0 spiro atoms. The maximum Gasteiger partial charge on any atom is 0.198 e. The third-order valence-corrected chi connectivity index (χ3v) is 3.36. The van der Waals surface area contributed by atoms with Crippen molar-refractivity contribution in [2.75, 3.05) is 0 Å². The lowest BCUT2D eigenvalue weighted by molar-refractivity contribution is 0.606. The molecule has 0 saturated heterocycles. The van der Waals surface area contributed by atoms with E-state index in [0.717, 1.165) is 0 Å². The van der Waals surface area contributed by atoms with Gasteiger partial charge in [0.25, 0.3) is 0 Å². The van der Waals surface area contributed by atoms with E-state index in [4.69, 9.17) is 0 Å². The van der Waals surface area contributed by atoms with Gasteiger partial charge in [-0.15, -0.1) is 13.2 Å². The van der Waals surface area contributed by atoms with Crippen LogP contribution < -0.4 is 0 Å². The minimum Gasteiger partial charge on any atom is -0.219 e. The molecule has 0 aliphatic rings. The van der Waals surface area contributed by atoms with Gasteiger partial charge < -0.3 is 0 Å². The highest BCUT2D eigenvalue weighted by Gasteiger charge is 2.17. The van der Waals surface area contributed by atoms with Crippen LogP contribution in [-0.2, 0) is 9.84 Å². The molecule has 0 N–H and O–H groups in total. The van der Waals surface area contributed by atoms with Crippen LogP contribution >= 0.6 is 0 Å². The highest BCUT2D eigenvalue weighted by molar-refractivity contribution is 7.98. The van der Waals surface area contributed by atoms with Gasteiger partial charge in [-0.1, -0.05) is 25.3 Å². The fraction of sp³-hybridized carbons (Fsp3) is 0.200. The van der Waals surface area contributed by atoms with Crippen LogP contribution in [-0.4, -0.2) is 8.42 Å². The molecule has 0 atom stereocenters. The van der Waals surface area contributed by atoms with Gasteiger partial charge in [0.2, 0.25) is 0 Å². The molecule has 13 heavy (non-hydrogen) atoms. The minimum atomic E-state index is -3.39. The molecule has 72 valence electrons. The zero-order valence-electron chi connectivity index (χ0n) is 7.62. The third-order valence-electron chi connectivity index (χ3n) is 1.50. The van der Waals surface area contributed by atoms with Gasteiger partial charge in [-0.25, -0.2) is 8.42 Å². The summed E-state index contributed by atoms with van der Waals surface area (Å²) in [7, 11) is -3.39. The van der Waals surface area contributed by atoms with E-state index in [9.17, 15) is 8.42 Å². The van der Waals surface area contributed by atoms with Crippen molar-refractivity contribution in [2.24, 2.45) is 0 Å². The summed E-state index contributed by atoms with van der Waals surface area (Å²) in [6.45, 7) is 13.8. The molecule has 0 saturated carbocycles. The summed E-state index contributed by atoms with van der Waals surface area (Å²) >= 11 is 0. The second-order valence-corrected chi connectivity index (χ2v) is 4.73. The molecule has 2 nitrogen and oxygen atoms in total. The summed E-state index contributed by atoms with van der Waals surface area (Å²) in [5.41, 5.74) is 0. The van der Waals surface area contributed by atoms with Crippen molar-refractivity contribution in [3.63, 3.8) is 0 Å². The number of sulfone groups is 1. The standard InChI is InChI=1S/C10H14O2S/c1-5-7-9(3)13(11,12)10(4)8-6-2/h5-6H,1-4,7-8H2. The van der Waals surface area contributed by atoms with Crippen LogP contribution in [0, 0.1) is 0 Å². The van der Waals surface area contributed by atoms with E-state index in [2.05, 4.69) is 26.3 Å². The number of hydrogen-bond acceptors (Lipinski definition) is 2. The molecule has 0 aliphatic carbocycles. The fourth-order valence-electron chi connectivity index (χ4n) is 0.746. The van der Waals surface area contributed by atoms with Crippen molar-refractivity contribution in [3.05, 3.63) is 48.3 Å². The molecule has 0 amide bonds. The second kappa shape index (κ2) is 4.82. The Labute approximate surface area is 79.9 Å². The Kier molecular flexibility index (Phi) is 4.42. The summed E-state index contributed by atoms with van der Waals surface area (Å²) in [5, 5.41) is 0. The van der Waals surface area contributed by atoms with Crippen molar-refractivity contribution >= 4 is 9.84 Å². The van der Waals surface area contributed by atoms with Crippen LogP contribution in [0.2, 0.25) is 0 Å². The Morgan fingerprint density at radius 2 is 1.31 bits per heavy atom. The molecule has 0 aromatic heterocycles. The first kappa shape index (κ1) is 11.9. The Bertz CT molecular complexity index is 306. The van der Waals surface area contributed by atoms with Crippen LogP contribution in [0.4, 0.5) is 0 Å². The van der Waals surface area contributed by atoms with Crippen molar-refractivity contribution in [2.45, 2.75) is 12.8 Å². The molecule has 0 aromatic rings. The van der Waals surface area contributed by atoms with Crippen LogP contribution in [0.3, 0.4) is 0 Å². The zero-order chi connectivity index (χ0) is 10.5. The van der Waals surface area contributed by atoms with E-state index in [1.807, 2.05) is 0 Å². The molecule has 0 aromatic carbocycles. The van der Waals surface area contributed by atoms with Gasteiger partial charge >= 0.3 is 0 Å². The maximum absolute atomic E-state index is 11.5. The fourth-order valence-corrected chi connectivity index (χ4v) is 1.83. The Morgan fingerprint density at radius 1 is 1.00 bits per heavy atom. The smallest absolute Gasteiger partial charge is 0.198 e. The van der Waals surface area contributed by atoms with Gasteiger partial charge in [0.15, 0.2) is 9.84 Å². The predicted molar refractivity (Wildman–Crippen MR) is 56.8 cm³/mol. The summed E-state index contributed by atoms with van der Waals surface area (Å²) in [4.78, 5) is 0.267. The molecule has 0 unspecified atom stereocenters. The van der Waals surface area contributed by atoms with E-state index in [1.54, 1.807) is 0 Å². The second-order valence-electron chi connectivity index (χ2n) is 2.57. The molecule has 0 fully saturated rings. The average molecular weight is 198 g/mol. The lowest BCUT2D eigenvalue weighted by atomic mass is 10.4. The Morgan fingerprint density at radius 3 is 1.54 bits per heavy atom. The van der Waals surface area contributed by atoms with E-state index >= 15 is 0 Å². The first-order chi connectivity index (χ1) is 5.96. The van der Waals surface area contributed by atoms with Crippen molar-refractivity contribution in [3.8, 4) is 0 Å². The minimum absolute atomic E-state index is 0.134. The third kappa shape index (κ3) is 3.03. The van der Waals surface area contributed by atoms with E-state index in [0.29, 0.717) is 0 Å².